The molecule has 16 heteroatoms. The van der Waals surface area contributed by atoms with E-state index in [1.165, 1.54) is 29.5 Å². The Morgan fingerprint density at radius 2 is 1.39 bits per heavy atom. The Bertz CT molecular complexity index is 1180. The minimum atomic E-state index is -5.14. The van der Waals surface area contributed by atoms with Crippen LogP contribution in [-0.2, 0) is 29.8 Å². The molecule has 2 aromatic carbocycles. The predicted octanol–water partition coefficient (Wildman–Crippen LogP) is 7.34. The average molecular weight is 642 g/mol. The van der Waals surface area contributed by atoms with Gasteiger partial charge in [-0.25, -0.2) is 4.79 Å². The van der Waals surface area contributed by atoms with Crippen LogP contribution < -0.4 is 0 Å². The SMILES string of the molecule is C[C@@H]1[C@@H](c2cc(C(F)(F)F)cc([N+](=O)[O-])c2I)OC(=O)N1Cc1cc(C(F)(F)F)cc(C(F)(F)F)c1. The Labute approximate surface area is 209 Å². The number of nitro benzene ring substituents is 1. The van der Waals surface area contributed by atoms with Crippen LogP contribution in [0.5, 0.6) is 0 Å². The maximum absolute atomic E-state index is 13.3. The first-order valence-electron chi connectivity index (χ1n) is 9.61. The molecule has 0 N–H and O–H groups in total. The van der Waals surface area contributed by atoms with Crippen molar-refractivity contribution in [1.82, 2.24) is 4.90 Å². The number of nitro groups is 1. The molecule has 1 amide bonds. The first-order valence-corrected chi connectivity index (χ1v) is 10.7. The van der Waals surface area contributed by atoms with Crippen molar-refractivity contribution >= 4 is 34.4 Å². The number of alkyl halides is 9. The number of halogens is 10. The van der Waals surface area contributed by atoms with Crippen molar-refractivity contribution in [3.8, 4) is 0 Å². The summed E-state index contributed by atoms with van der Waals surface area (Å²) in [6.45, 7) is 0.428. The van der Waals surface area contributed by atoms with Crippen molar-refractivity contribution in [3.05, 3.63) is 71.8 Å². The zero-order valence-electron chi connectivity index (χ0n) is 17.6. The third-order valence-electron chi connectivity index (χ3n) is 5.30. The van der Waals surface area contributed by atoms with E-state index in [-0.39, 0.29) is 15.2 Å². The number of nitrogens with zero attached hydrogens (tertiary/aromatic N) is 2. The van der Waals surface area contributed by atoms with Crippen molar-refractivity contribution in [3.63, 3.8) is 0 Å². The van der Waals surface area contributed by atoms with Crippen molar-refractivity contribution in [2.24, 2.45) is 0 Å². The minimum Gasteiger partial charge on any atom is -0.439 e. The van der Waals surface area contributed by atoms with Gasteiger partial charge in [-0.1, -0.05) is 0 Å². The van der Waals surface area contributed by atoms with Gasteiger partial charge in [-0.15, -0.1) is 0 Å². The lowest BCUT2D eigenvalue weighted by Crippen LogP contribution is -2.32. The van der Waals surface area contributed by atoms with E-state index in [0.717, 1.165) is 4.90 Å². The number of amides is 1. The van der Waals surface area contributed by atoms with Crippen LogP contribution in [0.1, 0.15) is 40.8 Å². The molecule has 0 bridgehead atoms. The number of carbonyl (C=O) groups is 1. The van der Waals surface area contributed by atoms with Crippen LogP contribution in [0.4, 0.5) is 50.0 Å². The molecule has 3 rings (SSSR count). The summed E-state index contributed by atoms with van der Waals surface area (Å²) < 4.78 is 124. The highest BCUT2D eigenvalue weighted by Gasteiger charge is 2.44. The van der Waals surface area contributed by atoms with E-state index >= 15 is 0 Å². The Kier molecular flexibility index (Phi) is 7.15. The van der Waals surface area contributed by atoms with Crippen LogP contribution in [0.2, 0.25) is 0 Å². The number of cyclic esters (lactones) is 1. The lowest BCUT2D eigenvalue weighted by atomic mass is 9.99. The van der Waals surface area contributed by atoms with Gasteiger partial charge in [-0.3, -0.25) is 15.0 Å². The van der Waals surface area contributed by atoms with E-state index < -0.39 is 76.2 Å². The minimum absolute atomic E-state index is 0.0951. The smallest absolute Gasteiger partial charge is 0.416 e. The zero-order chi connectivity index (χ0) is 27.4. The number of hydrogen-bond acceptors (Lipinski definition) is 4. The first kappa shape index (κ1) is 27.8. The van der Waals surface area contributed by atoms with E-state index in [0.29, 0.717) is 24.3 Å². The molecule has 0 aliphatic carbocycles. The Morgan fingerprint density at radius 3 is 1.83 bits per heavy atom. The quantitative estimate of drug-likeness (QED) is 0.152. The van der Waals surface area contributed by atoms with E-state index in [2.05, 4.69) is 0 Å². The standard InChI is InChI=1S/C20H12F9IN2O4/c1-8-16(13-5-12(20(27,28)29)6-14(15(13)30)32(34)35)36-17(33)31(8)7-9-2-10(18(21,22)23)4-11(3-9)19(24,25)26/h2-6,8,16H,7H2,1H3/t8-,16+/m1/s1. The van der Waals surface area contributed by atoms with Gasteiger partial charge in [0.2, 0.25) is 0 Å². The molecule has 6 nitrogen and oxygen atoms in total. The summed E-state index contributed by atoms with van der Waals surface area (Å²) in [6, 6.07) is 0.341. The molecule has 36 heavy (non-hydrogen) atoms. The van der Waals surface area contributed by atoms with Gasteiger partial charge in [-0.05, 0) is 59.3 Å². The molecule has 196 valence electrons. The molecule has 1 aliphatic heterocycles. The highest BCUT2D eigenvalue weighted by Crippen LogP contribution is 2.43. The number of hydrogen-bond donors (Lipinski definition) is 0. The highest BCUT2D eigenvalue weighted by molar-refractivity contribution is 14.1. The van der Waals surface area contributed by atoms with Gasteiger partial charge in [-0.2, -0.15) is 39.5 Å². The summed E-state index contributed by atoms with van der Waals surface area (Å²) in [4.78, 5) is 23.4. The van der Waals surface area contributed by atoms with Gasteiger partial charge < -0.3 is 4.74 Å². The molecule has 1 aliphatic rings. The first-order chi connectivity index (χ1) is 16.3. The third kappa shape index (κ3) is 5.62. The maximum atomic E-state index is 13.3. The van der Waals surface area contributed by atoms with Crippen LogP contribution in [0.15, 0.2) is 30.3 Å². The lowest BCUT2D eigenvalue weighted by molar-refractivity contribution is -0.386. The van der Waals surface area contributed by atoms with Crippen molar-refractivity contribution < 1.29 is 54.0 Å². The Balaban J connectivity index is 2.03. The van der Waals surface area contributed by atoms with E-state index in [4.69, 9.17) is 4.74 Å². The second kappa shape index (κ2) is 9.26. The Morgan fingerprint density at radius 1 is 0.917 bits per heavy atom. The lowest BCUT2D eigenvalue weighted by Gasteiger charge is -2.23. The molecule has 2 aromatic rings. The zero-order valence-corrected chi connectivity index (χ0v) is 19.7. The van der Waals surface area contributed by atoms with Gasteiger partial charge in [0.1, 0.15) is 0 Å². The second-order valence-corrected chi connectivity index (χ2v) is 8.82. The van der Waals surface area contributed by atoms with Crippen molar-refractivity contribution in [2.75, 3.05) is 0 Å². The van der Waals surface area contributed by atoms with Crippen LogP contribution in [0.25, 0.3) is 0 Å². The monoisotopic (exact) mass is 642 g/mol. The van der Waals surface area contributed by atoms with E-state index in [1.54, 1.807) is 0 Å². The second-order valence-electron chi connectivity index (χ2n) is 7.74. The molecule has 1 saturated heterocycles. The average Bonchev–Trinajstić information content (AvgIpc) is 2.99. The predicted molar refractivity (Wildman–Crippen MR) is 111 cm³/mol. The molecule has 1 heterocycles. The van der Waals surface area contributed by atoms with Crippen LogP contribution >= 0.6 is 22.6 Å². The van der Waals surface area contributed by atoms with Gasteiger partial charge in [0.25, 0.3) is 5.69 Å². The topological polar surface area (TPSA) is 72.7 Å². The van der Waals surface area contributed by atoms with Crippen LogP contribution in [-0.4, -0.2) is 22.0 Å². The molecular formula is C20H12F9IN2O4. The summed E-state index contributed by atoms with van der Waals surface area (Å²) in [5, 5.41) is 11.3. The largest absolute Gasteiger partial charge is 0.439 e. The van der Waals surface area contributed by atoms with Crippen molar-refractivity contribution in [1.29, 1.82) is 0 Å². The third-order valence-corrected chi connectivity index (χ3v) is 6.48. The number of carbonyl (C=O) groups excluding carboxylic acids is 1. The molecule has 0 aromatic heterocycles. The molecular weight excluding hydrogens is 630 g/mol. The van der Waals surface area contributed by atoms with Crippen molar-refractivity contribution in [2.45, 2.75) is 44.1 Å². The maximum Gasteiger partial charge on any atom is 0.416 e. The number of ether oxygens (including phenoxy) is 1. The normalized spacial score (nSPS) is 19.0. The summed E-state index contributed by atoms with van der Waals surface area (Å²) >= 11 is 1.40. The van der Waals surface area contributed by atoms with Gasteiger partial charge >= 0.3 is 24.6 Å². The fourth-order valence-electron chi connectivity index (χ4n) is 3.58. The molecule has 0 radical (unpaired) electrons. The highest BCUT2D eigenvalue weighted by atomic mass is 127. The molecule has 1 fully saturated rings. The fourth-order valence-corrected chi connectivity index (χ4v) is 4.39. The molecule has 0 saturated carbocycles. The molecule has 2 atom stereocenters. The van der Waals surface area contributed by atoms with Gasteiger partial charge in [0.15, 0.2) is 6.10 Å². The summed E-state index contributed by atoms with van der Waals surface area (Å²) in [6.07, 6.45) is -18.0. The van der Waals surface area contributed by atoms with Crippen LogP contribution in [0, 0.1) is 13.7 Å². The molecule has 0 spiro atoms. The van der Waals surface area contributed by atoms with E-state index in [9.17, 15) is 54.4 Å². The number of rotatable bonds is 4. The fraction of sp³-hybridized carbons (Fsp3) is 0.350. The van der Waals surface area contributed by atoms with E-state index in [1.807, 2.05) is 0 Å². The van der Waals surface area contributed by atoms with Crippen LogP contribution in [0.3, 0.4) is 0 Å². The van der Waals surface area contributed by atoms with Gasteiger partial charge in [0, 0.05) is 18.2 Å². The molecule has 0 unspecified atom stereocenters. The summed E-state index contributed by atoms with van der Waals surface area (Å²) in [7, 11) is 0. The summed E-state index contributed by atoms with van der Waals surface area (Å²) in [5.74, 6) is 0. The Hall–Kier alpha value is -2.79. The van der Waals surface area contributed by atoms with Gasteiger partial charge in [0.05, 0.1) is 31.2 Å². The number of benzene rings is 2. The summed E-state index contributed by atoms with van der Waals surface area (Å²) in [5.41, 5.74) is -6.51.